The molecule has 2 aromatic rings. The Morgan fingerprint density at radius 1 is 1.14 bits per heavy atom. The highest BCUT2D eigenvalue weighted by molar-refractivity contribution is 7.99. The second-order valence-corrected chi connectivity index (χ2v) is 10.0. The number of nitrogen functional groups attached to an aromatic ring is 2. The Balaban J connectivity index is 1.28. The van der Waals surface area contributed by atoms with Crippen LogP contribution in [0.2, 0.25) is 5.02 Å². The molecule has 9 heteroatoms. The molecule has 3 fully saturated rings. The van der Waals surface area contributed by atoms with Crippen LogP contribution in [-0.4, -0.2) is 34.1 Å². The van der Waals surface area contributed by atoms with Gasteiger partial charge in [-0.05, 0) is 55.4 Å². The zero-order valence-electron chi connectivity index (χ0n) is 16.2. The topological polar surface area (TPSA) is 120 Å². The lowest BCUT2D eigenvalue weighted by atomic mass is 9.72. The molecule has 154 valence electrons. The van der Waals surface area contributed by atoms with Gasteiger partial charge in [0.1, 0.15) is 16.7 Å². The smallest absolute Gasteiger partial charge is 0.158 e. The first-order chi connectivity index (χ1) is 14.0. The van der Waals surface area contributed by atoms with Crippen LogP contribution >= 0.6 is 23.4 Å². The van der Waals surface area contributed by atoms with Crippen LogP contribution < -0.4 is 22.1 Å². The molecule has 6 N–H and O–H groups in total. The highest BCUT2D eigenvalue weighted by atomic mass is 35.5. The third-order valence-electron chi connectivity index (χ3n) is 7.24. The number of hydrogen-bond donors (Lipinski definition) is 3. The summed E-state index contributed by atoms with van der Waals surface area (Å²) in [4.78, 5) is 16.2. The number of piperidine rings is 1. The maximum atomic E-state index is 6.66. The summed E-state index contributed by atoms with van der Waals surface area (Å²) in [5.74, 6) is 3.16. The summed E-state index contributed by atoms with van der Waals surface area (Å²) >= 11 is 7.58. The minimum absolute atomic E-state index is 0.292. The predicted molar refractivity (Wildman–Crippen MR) is 117 cm³/mol. The van der Waals surface area contributed by atoms with Crippen LogP contribution in [-0.2, 0) is 0 Å². The van der Waals surface area contributed by atoms with E-state index < -0.39 is 0 Å². The van der Waals surface area contributed by atoms with Gasteiger partial charge in [-0.3, -0.25) is 0 Å². The Kier molecular flexibility index (Phi) is 4.75. The van der Waals surface area contributed by atoms with E-state index in [1.54, 1.807) is 18.5 Å². The molecule has 29 heavy (non-hydrogen) atoms. The Morgan fingerprint density at radius 3 is 2.55 bits per heavy atom. The molecule has 1 spiro atoms. The number of anilines is 3. The van der Waals surface area contributed by atoms with Gasteiger partial charge in [0.25, 0.3) is 0 Å². The summed E-state index contributed by atoms with van der Waals surface area (Å²) in [7, 11) is 0. The molecule has 1 aliphatic heterocycles. The zero-order chi connectivity index (χ0) is 20.2. The van der Waals surface area contributed by atoms with E-state index >= 15 is 0 Å². The van der Waals surface area contributed by atoms with Gasteiger partial charge in [0.15, 0.2) is 5.82 Å². The lowest BCUT2D eigenvalue weighted by molar-refractivity contribution is 0.176. The van der Waals surface area contributed by atoms with Crippen LogP contribution in [0.5, 0.6) is 0 Å². The van der Waals surface area contributed by atoms with Crippen LogP contribution in [0, 0.1) is 17.3 Å². The molecule has 2 saturated carbocycles. The second kappa shape index (κ2) is 7.18. The fourth-order valence-corrected chi connectivity index (χ4v) is 6.40. The first-order valence-corrected chi connectivity index (χ1v) is 11.4. The molecule has 0 bridgehead atoms. The quantitative estimate of drug-likeness (QED) is 0.677. The average molecular weight is 432 g/mol. The van der Waals surface area contributed by atoms with Gasteiger partial charge in [0.05, 0.1) is 11.2 Å². The van der Waals surface area contributed by atoms with E-state index in [2.05, 4.69) is 19.9 Å². The number of aromatic nitrogens is 3. The van der Waals surface area contributed by atoms with Crippen LogP contribution in [0.3, 0.4) is 0 Å². The molecule has 0 amide bonds. The van der Waals surface area contributed by atoms with Gasteiger partial charge < -0.3 is 22.1 Å². The third-order valence-corrected chi connectivity index (χ3v) is 8.81. The van der Waals surface area contributed by atoms with Crippen molar-refractivity contribution in [2.24, 2.45) is 23.0 Å². The van der Waals surface area contributed by atoms with Crippen LogP contribution in [0.15, 0.2) is 28.4 Å². The van der Waals surface area contributed by atoms with Crippen LogP contribution in [0.1, 0.15) is 32.1 Å². The summed E-state index contributed by atoms with van der Waals surface area (Å²) in [6.07, 6.45) is 9.68. The first kappa shape index (κ1) is 19.2. The van der Waals surface area contributed by atoms with Crippen molar-refractivity contribution in [1.29, 1.82) is 0 Å². The molecule has 7 nitrogen and oxygen atoms in total. The molecule has 2 aliphatic carbocycles. The lowest BCUT2D eigenvalue weighted by Crippen LogP contribution is -2.49. The first-order valence-electron chi connectivity index (χ1n) is 10.2. The van der Waals surface area contributed by atoms with Gasteiger partial charge in [-0.1, -0.05) is 23.4 Å². The van der Waals surface area contributed by atoms with E-state index in [0.717, 1.165) is 48.5 Å². The van der Waals surface area contributed by atoms with Gasteiger partial charge in [-0.2, -0.15) is 0 Å². The number of hydrogen-bond acceptors (Lipinski definition) is 8. The zero-order valence-corrected chi connectivity index (χ0v) is 17.8. The third kappa shape index (κ3) is 3.21. The van der Waals surface area contributed by atoms with Crippen LogP contribution in [0.4, 0.5) is 17.5 Å². The molecular weight excluding hydrogens is 406 g/mol. The molecule has 1 saturated heterocycles. The highest BCUT2D eigenvalue weighted by Crippen LogP contribution is 2.58. The number of nitrogens with zero attached hydrogens (tertiary/aromatic N) is 4. The fourth-order valence-electron chi connectivity index (χ4n) is 5.39. The minimum atomic E-state index is 0.292. The fraction of sp³-hybridized carbons (Fsp3) is 0.550. The highest BCUT2D eigenvalue weighted by Gasteiger charge is 2.55. The molecule has 3 heterocycles. The van der Waals surface area contributed by atoms with E-state index in [4.69, 9.17) is 28.8 Å². The van der Waals surface area contributed by atoms with Crippen molar-refractivity contribution in [1.82, 2.24) is 15.0 Å². The van der Waals surface area contributed by atoms with E-state index in [1.165, 1.54) is 31.0 Å². The van der Waals surface area contributed by atoms with Crippen molar-refractivity contribution in [3.8, 4) is 0 Å². The van der Waals surface area contributed by atoms with E-state index in [0.29, 0.717) is 33.1 Å². The van der Waals surface area contributed by atoms with E-state index in [9.17, 15) is 0 Å². The SMILES string of the molecule is Nc1nc(N2CCC3(CC2)CC2CCC2C3N)cnc1Sc1ccnc(N)c1Cl. The molecule has 0 aromatic carbocycles. The molecule has 0 radical (unpaired) electrons. The van der Waals surface area contributed by atoms with Gasteiger partial charge in [0, 0.05) is 30.2 Å². The lowest BCUT2D eigenvalue weighted by Gasteiger charge is -2.43. The Bertz CT molecular complexity index is 931. The molecule has 3 atom stereocenters. The monoisotopic (exact) mass is 431 g/mol. The van der Waals surface area contributed by atoms with Gasteiger partial charge in [0.2, 0.25) is 0 Å². The van der Waals surface area contributed by atoms with Crippen molar-refractivity contribution < 1.29 is 0 Å². The van der Waals surface area contributed by atoms with Crippen molar-refractivity contribution >= 4 is 40.8 Å². The van der Waals surface area contributed by atoms with Gasteiger partial charge >= 0.3 is 0 Å². The summed E-state index contributed by atoms with van der Waals surface area (Å²) in [6, 6.07) is 2.16. The summed E-state index contributed by atoms with van der Waals surface area (Å²) < 4.78 is 0. The molecule has 3 unspecified atom stereocenters. The standard InChI is InChI=1S/C20H26ClN7S/c21-15-13(3-6-25-17(15)23)29-19-18(24)27-14(10-26-19)28-7-4-20(5-8-28)9-11-1-2-12(11)16(20)22/h3,6,10-12,16H,1-2,4-5,7-9,22H2,(H2,23,25)(H2,24,27). The maximum Gasteiger partial charge on any atom is 0.158 e. The minimum Gasteiger partial charge on any atom is -0.382 e. The van der Waals surface area contributed by atoms with Crippen molar-refractivity contribution in [2.45, 2.75) is 48.1 Å². The maximum absolute atomic E-state index is 6.66. The summed E-state index contributed by atoms with van der Waals surface area (Å²) in [6.45, 7) is 1.92. The van der Waals surface area contributed by atoms with Gasteiger partial charge in [-0.15, -0.1) is 0 Å². The number of halogens is 1. The number of nitrogens with two attached hydrogens (primary N) is 3. The normalized spacial score (nSPS) is 27.7. The number of fused-ring (bicyclic) bond motifs is 1. The predicted octanol–water partition coefficient (Wildman–Crippen LogP) is 3.18. The second-order valence-electron chi connectivity index (χ2n) is 8.61. The number of pyridine rings is 1. The molecule has 2 aromatic heterocycles. The van der Waals surface area contributed by atoms with Crippen molar-refractivity contribution in [2.75, 3.05) is 29.5 Å². The Labute approximate surface area is 179 Å². The molecular formula is C20H26ClN7S. The van der Waals surface area contributed by atoms with Crippen molar-refractivity contribution in [3.63, 3.8) is 0 Å². The summed E-state index contributed by atoms with van der Waals surface area (Å²) in [5.41, 5.74) is 19.0. The van der Waals surface area contributed by atoms with Crippen LogP contribution in [0.25, 0.3) is 0 Å². The van der Waals surface area contributed by atoms with E-state index in [1.807, 2.05) is 0 Å². The Morgan fingerprint density at radius 2 is 1.93 bits per heavy atom. The number of rotatable bonds is 3. The Hall–Kier alpha value is -1.77. The van der Waals surface area contributed by atoms with Gasteiger partial charge in [-0.25, -0.2) is 15.0 Å². The molecule has 3 aliphatic rings. The molecule has 5 rings (SSSR count). The van der Waals surface area contributed by atoms with Crippen molar-refractivity contribution in [3.05, 3.63) is 23.5 Å². The average Bonchev–Trinajstić information content (AvgIpc) is 2.87. The van der Waals surface area contributed by atoms with E-state index in [-0.39, 0.29) is 0 Å². The summed E-state index contributed by atoms with van der Waals surface area (Å²) in [5, 5.41) is 1.02. The largest absolute Gasteiger partial charge is 0.382 e.